The van der Waals surface area contributed by atoms with Gasteiger partial charge in [0.05, 0.1) is 13.2 Å². The van der Waals surface area contributed by atoms with Crippen LogP contribution in [0.25, 0.3) is 22.3 Å². The molecule has 3 unspecified atom stereocenters. The Balaban J connectivity index is 1.50. The van der Waals surface area contributed by atoms with E-state index in [2.05, 4.69) is 18.2 Å². The van der Waals surface area contributed by atoms with Gasteiger partial charge < -0.3 is 18.9 Å². The van der Waals surface area contributed by atoms with E-state index in [1.165, 1.54) is 0 Å². The van der Waals surface area contributed by atoms with Gasteiger partial charge in [0.15, 0.2) is 10.5 Å². The number of rotatable bonds is 9. The molecule has 5 rings (SSSR count). The SMILES string of the molecule is CC(C)(C)[P+](=O)c1cccc(-c2ccc(OCC3CO3)cc2)c1-c1ccc(OCC2CO2)cc1. The zero-order valence-electron chi connectivity index (χ0n) is 19.8. The first kappa shape index (κ1) is 23.0. The van der Waals surface area contributed by atoms with Crippen LogP contribution in [-0.2, 0) is 14.0 Å². The maximum absolute atomic E-state index is 13.6. The van der Waals surface area contributed by atoms with E-state index in [-0.39, 0.29) is 17.4 Å². The van der Waals surface area contributed by atoms with Crippen molar-refractivity contribution >= 4 is 13.1 Å². The predicted octanol–water partition coefficient (Wildman–Crippen LogP) is 5.83. The summed E-state index contributed by atoms with van der Waals surface area (Å²) in [5.41, 5.74) is 4.10. The minimum absolute atomic E-state index is 0.214. The van der Waals surface area contributed by atoms with E-state index in [1.807, 2.05) is 69.3 Å². The minimum Gasteiger partial charge on any atom is -0.491 e. The Labute approximate surface area is 201 Å². The van der Waals surface area contributed by atoms with Crippen LogP contribution in [0.1, 0.15) is 20.8 Å². The quantitative estimate of drug-likeness (QED) is 0.287. The third-order valence-corrected chi connectivity index (χ3v) is 7.88. The maximum atomic E-state index is 13.6. The Kier molecular flexibility index (Phi) is 6.44. The summed E-state index contributed by atoms with van der Waals surface area (Å²) in [4.78, 5) is 0. The summed E-state index contributed by atoms with van der Waals surface area (Å²) in [6.07, 6.45) is 0.437. The fraction of sp³-hybridized carbons (Fsp3) is 0.357. The van der Waals surface area contributed by atoms with E-state index < -0.39 is 7.80 Å². The highest BCUT2D eigenvalue weighted by molar-refractivity contribution is 7.55. The molecule has 2 fully saturated rings. The number of epoxide rings is 2. The lowest BCUT2D eigenvalue weighted by molar-refractivity contribution is 0.263. The lowest BCUT2D eigenvalue weighted by atomic mass is 9.94. The van der Waals surface area contributed by atoms with Gasteiger partial charge in [0.25, 0.3) is 0 Å². The van der Waals surface area contributed by atoms with Crippen molar-refractivity contribution in [1.29, 1.82) is 0 Å². The molecular weight excluding hydrogens is 447 g/mol. The molecule has 0 spiro atoms. The van der Waals surface area contributed by atoms with Gasteiger partial charge in [-0.2, -0.15) is 0 Å². The van der Waals surface area contributed by atoms with Gasteiger partial charge in [-0.3, -0.25) is 0 Å². The molecule has 0 bridgehead atoms. The van der Waals surface area contributed by atoms with Gasteiger partial charge in [-0.1, -0.05) is 41.0 Å². The molecule has 3 atom stereocenters. The monoisotopic (exact) mass is 477 g/mol. The molecule has 3 aromatic rings. The molecular formula is C28H30O5P+. The van der Waals surface area contributed by atoms with Crippen LogP contribution < -0.4 is 14.8 Å². The lowest BCUT2D eigenvalue weighted by Gasteiger charge is -2.15. The molecule has 2 heterocycles. The average Bonchev–Trinajstić information content (AvgIpc) is 3.76. The minimum atomic E-state index is -1.63. The standard InChI is InChI=1S/C28H30O5P/c1-28(2,3)34(29)26-6-4-5-25(19-7-11-21(12-8-19)30-15-23-17-32-23)27(26)20-9-13-22(14-10-20)31-16-24-18-33-24/h4-14,23-24H,15-18H2,1-3H3/q+1. The first-order valence-corrected chi connectivity index (χ1v) is 12.9. The number of hydrogen-bond acceptors (Lipinski definition) is 5. The Morgan fingerprint density at radius 3 is 1.76 bits per heavy atom. The van der Waals surface area contributed by atoms with Crippen LogP contribution in [0.5, 0.6) is 11.5 Å². The third kappa shape index (κ3) is 5.50. The molecule has 0 amide bonds. The molecule has 2 saturated heterocycles. The van der Waals surface area contributed by atoms with E-state index in [0.717, 1.165) is 52.3 Å². The Morgan fingerprint density at radius 2 is 1.29 bits per heavy atom. The molecule has 6 heteroatoms. The molecule has 5 nitrogen and oxygen atoms in total. The van der Waals surface area contributed by atoms with Crippen molar-refractivity contribution in [2.24, 2.45) is 0 Å². The van der Waals surface area contributed by atoms with Gasteiger partial charge in [0.1, 0.15) is 36.9 Å². The summed E-state index contributed by atoms with van der Waals surface area (Å²) in [5.74, 6) is 1.62. The van der Waals surface area contributed by atoms with E-state index in [4.69, 9.17) is 18.9 Å². The summed E-state index contributed by atoms with van der Waals surface area (Å²) in [6, 6.07) is 22.2. The van der Waals surface area contributed by atoms with Gasteiger partial charge in [0.2, 0.25) is 0 Å². The maximum Gasteiger partial charge on any atom is 0.382 e. The van der Waals surface area contributed by atoms with Crippen molar-refractivity contribution in [3.8, 4) is 33.8 Å². The summed E-state index contributed by atoms with van der Waals surface area (Å²) >= 11 is 0. The summed E-state index contributed by atoms with van der Waals surface area (Å²) in [6.45, 7) is 8.76. The second-order valence-corrected chi connectivity index (χ2v) is 12.2. The molecule has 0 aliphatic carbocycles. The smallest absolute Gasteiger partial charge is 0.382 e. The summed E-state index contributed by atoms with van der Waals surface area (Å²) in [5, 5.41) is 0.518. The predicted molar refractivity (Wildman–Crippen MR) is 135 cm³/mol. The van der Waals surface area contributed by atoms with Gasteiger partial charge in [-0.15, -0.1) is 0 Å². The zero-order chi connectivity index (χ0) is 23.7. The van der Waals surface area contributed by atoms with E-state index in [9.17, 15) is 4.57 Å². The highest BCUT2D eigenvalue weighted by Gasteiger charge is 2.39. The van der Waals surface area contributed by atoms with E-state index in [1.54, 1.807) is 0 Å². The van der Waals surface area contributed by atoms with Gasteiger partial charge >= 0.3 is 7.80 Å². The average molecular weight is 478 g/mol. The van der Waals surface area contributed by atoms with Crippen LogP contribution in [0.2, 0.25) is 0 Å². The van der Waals surface area contributed by atoms with Crippen LogP contribution >= 0.6 is 7.80 Å². The van der Waals surface area contributed by atoms with Crippen molar-refractivity contribution < 1.29 is 23.5 Å². The zero-order valence-corrected chi connectivity index (χ0v) is 20.7. The molecule has 0 aromatic heterocycles. The van der Waals surface area contributed by atoms with Crippen LogP contribution in [0.15, 0.2) is 66.7 Å². The van der Waals surface area contributed by atoms with Crippen molar-refractivity contribution in [2.45, 2.75) is 38.1 Å². The van der Waals surface area contributed by atoms with Crippen molar-refractivity contribution in [3.05, 3.63) is 66.7 Å². The topological polar surface area (TPSA) is 60.6 Å². The third-order valence-electron chi connectivity index (χ3n) is 5.86. The first-order chi connectivity index (χ1) is 16.4. The second kappa shape index (κ2) is 9.50. The van der Waals surface area contributed by atoms with Crippen molar-refractivity contribution in [2.75, 3.05) is 26.4 Å². The summed E-state index contributed by atoms with van der Waals surface area (Å²) in [7, 11) is -1.63. The Bertz CT molecular complexity index is 1160. The number of benzene rings is 3. The van der Waals surface area contributed by atoms with Crippen molar-refractivity contribution in [3.63, 3.8) is 0 Å². The molecule has 34 heavy (non-hydrogen) atoms. The number of hydrogen-bond donors (Lipinski definition) is 0. The molecule has 2 aliphatic rings. The Hall–Kier alpha value is -2.72. The lowest BCUT2D eigenvalue weighted by Crippen LogP contribution is -2.16. The first-order valence-electron chi connectivity index (χ1n) is 11.7. The van der Waals surface area contributed by atoms with Crippen LogP contribution in [0, 0.1) is 0 Å². The number of ether oxygens (including phenoxy) is 4. The fourth-order valence-electron chi connectivity index (χ4n) is 3.77. The Morgan fingerprint density at radius 1 is 0.794 bits per heavy atom. The highest BCUT2D eigenvalue weighted by atomic mass is 31.1. The molecule has 2 aliphatic heterocycles. The molecule has 0 radical (unpaired) electrons. The fourth-order valence-corrected chi connectivity index (χ4v) is 5.17. The van der Waals surface area contributed by atoms with E-state index >= 15 is 0 Å². The van der Waals surface area contributed by atoms with Crippen molar-refractivity contribution in [1.82, 2.24) is 0 Å². The molecule has 176 valence electrons. The van der Waals surface area contributed by atoms with E-state index in [0.29, 0.717) is 13.2 Å². The highest BCUT2D eigenvalue weighted by Crippen LogP contribution is 2.43. The normalized spacial score (nSPS) is 19.4. The molecule has 0 saturated carbocycles. The molecule has 3 aromatic carbocycles. The van der Waals surface area contributed by atoms with Gasteiger partial charge in [-0.25, -0.2) is 0 Å². The van der Waals surface area contributed by atoms with Crippen LogP contribution in [0.4, 0.5) is 0 Å². The van der Waals surface area contributed by atoms with Crippen LogP contribution in [0.3, 0.4) is 0 Å². The second-order valence-electron chi connectivity index (χ2n) is 9.75. The van der Waals surface area contributed by atoms with Gasteiger partial charge in [0, 0.05) is 5.56 Å². The summed E-state index contributed by atoms with van der Waals surface area (Å²) < 4.78 is 35.7. The molecule has 0 N–H and O–H groups in total. The largest absolute Gasteiger partial charge is 0.491 e. The van der Waals surface area contributed by atoms with Gasteiger partial charge in [-0.05, 0) is 67.8 Å². The van der Waals surface area contributed by atoms with Crippen LogP contribution in [-0.4, -0.2) is 43.8 Å².